The Kier molecular flexibility index (Phi) is 4.58. The van der Waals surface area contributed by atoms with E-state index >= 15 is 0 Å². The van der Waals surface area contributed by atoms with Crippen LogP contribution in [0, 0.1) is 3.57 Å². The van der Waals surface area contributed by atoms with Crippen molar-refractivity contribution < 1.29 is 9.53 Å². The molecule has 2 aromatic rings. The number of carbonyl (C=O) groups is 1. The number of nitrogens with zero attached hydrogens (tertiary/aromatic N) is 1. The largest absolute Gasteiger partial charge is 0.402 e. The molecule has 1 aliphatic rings. The van der Waals surface area contributed by atoms with E-state index in [1.54, 1.807) is 6.08 Å². The Morgan fingerprint density at radius 3 is 2.21 bits per heavy atom. The van der Waals surface area contributed by atoms with Crippen LogP contribution in [0.2, 0.25) is 0 Å². The van der Waals surface area contributed by atoms with E-state index < -0.39 is 5.97 Å². The minimum absolute atomic E-state index is 0.105. The predicted molar refractivity (Wildman–Crippen MR) is 105 cm³/mol. The second-order valence-electron chi connectivity index (χ2n) is 6.71. The number of carbonyl (C=O) groups excluding carboxylic acids is 1. The van der Waals surface area contributed by atoms with Crippen LogP contribution in [-0.4, -0.2) is 11.9 Å². The van der Waals surface area contributed by atoms with Crippen LogP contribution in [0.1, 0.15) is 37.5 Å². The lowest BCUT2D eigenvalue weighted by Crippen LogP contribution is -2.10. The molecule has 2 aromatic carbocycles. The number of aliphatic imine (C=N–C) groups is 1. The molecule has 0 fully saturated rings. The zero-order valence-electron chi connectivity index (χ0n) is 13.8. The van der Waals surface area contributed by atoms with Crippen molar-refractivity contribution in [3.8, 4) is 0 Å². The van der Waals surface area contributed by atoms with Gasteiger partial charge in [0.2, 0.25) is 5.90 Å². The van der Waals surface area contributed by atoms with Gasteiger partial charge in [0.1, 0.15) is 0 Å². The van der Waals surface area contributed by atoms with Gasteiger partial charge in [-0.05, 0) is 69.5 Å². The lowest BCUT2D eigenvalue weighted by Gasteiger charge is -2.18. The second-order valence-corrected chi connectivity index (χ2v) is 7.96. The number of esters is 1. The molecule has 1 heterocycles. The highest BCUT2D eigenvalue weighted by atomic mass is 127. The van der Waals surface area contributed by atoms with E-state index in [-0.39, 0.29) is 5.41 Å². The summed E-state index contributed by atoms with van der Waals surface area (Å²) in [6, 6.07) is 15.9. The van der Waals surface area contributed by atoms with Gasteiger partial charge in [-0.2, -0.15) is 0 Å². The number of halogens is 1. The van der Waals surface area contributed by atoms with Gasteiger partial charge in [-0.3, -0.25) is 0 Å². The quantitative estimate of drug-likeness (QED) is 0.384. The molecule has 0 radical (unpaired) electrons. The van der Waals surface area contributed by atoms with Gasteiger partial charge in [0.25, 0.3) is 0 Å². The number of ether oxygens (including phenoxy) is 1. The molecule has 0 amide bonds. The van der Waals surface area contributed by atoms with Gasteiger partial charge >= 0.3 is 5.97 Å². The summed E-state index contributed by atoms with van der Waals surface area (Å²) in [4.78, 5) is 16.4. The lowest BCUT2D eigenvalue weighted by atomic mass is 9.87. The maximum atomic E-state index is 12.0. The average molecular weight is 431 g/mol. The summed E-state index contributed by atoms with van der Waals surface area (Å²) in [5.74, 6) is -0.0580. The van der Waals surface area contributed by atoms with Crippen molar-refractivity contribution in [3.63, 3.8) is 0 Å². The molecule has 0 saturated carbocycles. The molecule has 0 unspecified atom stereocenters. The van der Waals surface area contributed by atoms with E-state index in [2.05, 4.69) is 60.5 Å². The third-order valence-corrected chi connectivity index (χ3v) is 4.51. The van der Waals surface area contributed by atoms with E-state index in [4.69, 9.17) is 4.74 Å². The summed E-state index contributed by atoms with van der Waals surface area (Å²) in [7, 11) is 0. The van der Waals surface area contributed by atoms with Crippen LogP contribution >= 0.6 is 22.6 Å². The molecule has 4 heteroatoms. The van der Waals surface area contributed by atoms with Gasteiger partial charge in [0.05, 0.1) is 0 Å². The Morgan fingerprint density at radius 2 is 1.62 bits per heavy atom. The molecule has 0 aliphatic carbocycles. The number of hydrogen-bond acceptors (Lipinski definition) is 3. The van der Waals surface area contributed by atoms with Crippen molar-refractivity contribution in [2.45, 2.75) is 26.2 Å². The van der Waals surface area contributed by atoms with Crippen molar-refractivity contribution in [1.29, 1.82) is 0 Å². The maximum Gasteiger partial charge on any atom is 0.363 e. The van der Waals surface area contributed by atoms with Crippen molar-refractivity contribution in [3.05, 3.63) is 74.5 Å². The van der Waals surface area contributed by atoms with Crippen LogP contribution in [0.25, 0.3) is 6.08 Å². The highest BCUT2D eigenvalue weighted by molar-refractivity contribution is 14.1. The van der Waals surface area contributed by atoms with E-state index in [1.807, 2.05) is 36.4 Å². The van der Waals surface area contributed by atoms with Crippen molar-refractivity contribution >= 4 is 40.5 Å². The molecule has 0 atom stereocenters. The molecule has 0 aromatic heterocycles. The predicted octanol–water partition coefficient (Wildman–Crippen LogP) is 4.93. The average Bonchev–Trinajstić information content (AvgIpc) is 2.89. The second kappa shape index (κ2) is 6.51. The smallest absolute Gasteiger partial charge is 0.363 e. The minimum atomic E-state index is -0.413. The zero-order chi connectivity index (χ0) is 17.3. The molecule has 0 bridgehead atoms. The molecule has 122 valence electrons. The highest BCUT2D eigenvalue weighted by Gasteiger charge is 2.24. The molecule has 24 heavy (non-hydrogen) atoms. The third-order valence-electron chi connectivity index (χ3n) is 3.79. The number of cyclic esters (lactones) is 1. The number of rotatable bonds is 2. The van der Waals surface area contributed by atoms with E-state index in [1.165, 1.54) is 5.56 Å². The standard InChI is InChI=1S/C20H18INO2/c1-20(2,3)15-8-4-13(5-9-15)12-17-19(23)24-18(22-17)14-6-10-16(21)11-7-14/h4-12H,1-3H3. The van der Waals surface area contributed by atoms with Crippen LogP contribution in [0.4, 0.5) is 0 Å². The lowest BCUT2D eigenvalue weighted by molar-refractivity contribution is -0.129. The Balaban J connectivity index is 1.87. The summed E-state index contributed by atoms with van der Waals surface area (Å²) in [6.45, 7) is 6.52. The Bertz CT molecular complexity index is 825. The first-order chi connectivity index (χ1) is 11.3. The highest BCUT2D eigenvalue weighted by Crippen LogP contribution is 2.24. The van der Waals surface area contributed by atoms with Crippen LogP contribution in [0.5, 0.6) is 0 Å². The Hall–Kier alpha value is -1.95. The van der Waals surface area contributed by atoms with Gasteiger partial charge < -0.3 is 4.74 Å². The van der Waals surface area contributed by atoms with Gasteiger partial charge in [0, 0.05) is 9.13 Å². The minimum Gasteiger partial charge on any atom is -0.402 e. The Morgan fingerprint density at radius 1 is 1.00 bits per heavy atom. The van der Waals surface area contributed by atoms with Crippen molar-refractivity contribution in [2.75, 3.05) is 0 Å². The van der Waals surface area contributed by atoms with Crippen LogP contribution in [0.3, 0.4) is 0 Å². The molecule has 1 aliphatic heterocycles. The van der Waals surface area contributed by atoms with Crippen LogP contribution in [-0.2, 0) is 14.9 Å². The first kappa shape index (κ1) is 16.9. The molecule has 0 spiro atoms. The van der Waals surface area contributed by atoms with E-state index in [0.717, 1.165) is 14.7 Å². The molecule has 3 rings (SSSR count). The fraction of sp³-hybridized carbons (Fsp3) is 0.200. The summed E-state index contributed by atoms with van der Waals surface area (Å²) in [5.41, 5.74) is 3.42. The van der Waals surface area contributed by atoms with Gasteiger partial charge in [-0.1, -0.05) is 45.0 Å². The summed E-state index contributed by atoms with van der Waals surface area (Å²) < 4.78 is 6.41. The first-order valence-corrected chi connectivity index (χ1v) is 8.80. The first-order valence-electron chi connectivity index (χ1n) is 7.72. The Labute approximate surface area is 155 Å². The summed E-state index contributed by atoms with van der Waals surface area (Å²) in [6.07, 6.45) is 1.76. The molecular weight excluding hydrogens is 413 g/mol. The van der Waals surface area contributed by atoms with Gasteiger partial charge in [-0.25, -0.2) is 9.79 Å². The summed E-state index contributed by atoms with van der Waals surface area (Å²) in [5, 5.41) is 0. The van der Waals surface area contributed by atoms with E-state index in [9.17, 15) is 4.79 Å². The van der Waals surface area contributed by atoms with Crippen LogP contribution < -0.4 is 0 Å². The molecular formula is C20H18INO2. The van der Waals surface area contributed by atoms with Crippen molar-refractivity contribution in [1.82, 2.24) is 0 Å². The molecule has 0 saturated heterocycles. The SMILES string of the molecule is CC(C)(C)c1ccc(C=C2N=C(c3ccc(I)cc3)OC2=O)cc1. The van der Waals surface area contributed by atoms with E-state index in [0.29, 0.717) is 11.6 Å². The zero-order valence-corrected chi connectivity index (χ0v) is 16.0. The number of hydrogen-bond donors (Lipinski definition) is 0. The van der Waals surface area contributed by atoms with Gasteiger partial charge in [0.15, 0.2) is 5.70 Å². The topological polar surface area (TPSA) is 38.7 Å². The maximum absolute atomic E-state index is 12.0. The fourth-order valence-electron chi connectivity index (χ4n) is 2.36. The monoisotopic (exact) mass is 431 g/mol. The fourth-order valence-corrected chi connectivity index (χ4v) is 2.72. The van der Waals surface area contributed by atoms with Crippen molar-refractivity contribution in [2.24, 2.45) is 4.99 Å². The molecule has 0 N–H and O–H groups in total. The molecule has 3 nitrogen and oxygen atoms in total. The summed E-state index contributed by atoms with van der Waals surface area (Å²) >= 11 is 2.23. The number of benzene rings is 2. The van der Waals surface area contributed by atoms with Gasteiger partial charge in [-0.15, -0.1) is 0 Å². The normalized spacial score (nSPS) is 16.2. The third kappa shape index (κ3) is 3.75. The van der Waals surface area contributed by atoms with Crippen LogP contribution in [0.15, 0.2) is 59.2 Å².